The van der Waals surface area contributed by atoms with Gasteiger partial charge in [0, 0.05) is 17.2 Å². The maximum Gasteiger partial charge on any atom is 0.325 e. The van der Waals surface area contributed by atoms with Gasteiger partial charge in [-0.05, 0) is 28.9 Å². The molecule has 0 aliphatic heterocycles. The first-order valence-corrected chi connectivity index (χ1v) is 5.60. The fourth-order valence-corrected chi connectivity index (χ4v) is 1.62. The molecule has 0 aliphatic rings. The van der Waals surface area contributed by atoms with E-state index < -0.39 is 0 Å². The summed E-state index contributed by atoms with van der Waals surface area (Å²) in [7, 11) is 1.36. The number of nitrogens with two attached hydrogens (primary N) is 1. The minimum absolute atomic E-state index is 0.145. The largest absolute Gasteiger partial charge is 0.468 e. The summed E-state index contributed by atoms with van der Waals surface area (Å²) < 4.78 is 5.42. The van der Waals surface area contributed by atoms with Crippen LogP contribution >= 0.6 is 15.9 Å². The van der Waals surface area contributed by atoms with E-state index in [0.717, 1.165) is 4.47 Å². The molecule has 0 spiro atoms. The van der Waals surface area contributed by atoms with Crippen molar-refractivity contribution in [1.82, 2.24) is 4.98 Å². The van der Waals surface area contributed by atoms with Gasteiger partial charge in [-0.25, -0.2) is 4.98 Å². The van der Waals surface area contributed by atoms with Crippen LogP contribution in [-0.4, -0.2) is 31.2 Å². The monoisotopic (exact) mass is 287 g/mol. The van der Waals surface area contributed by atoms with Crippen LogP contribution in [0.3, 0.4) is 0 Å². The maximum atomic E-state index is 11.2. The highest BCUT2D eigenvalue weighted by atomic mass is 79.9. The average molecular weight is 288 g/mol. The second-order valence-electron chi connectivity index (χ2n) is 3.16. The Bertz CT molecular complexity index is 384. The van der Waals surface area contributed by atoms with Gasteiger partial charge in [-0.2, -0.15) is 0 Å². The second kappa shape index (κ2) is 5.69. The molecule has 1 heterocycles. The molecule has 0 bridgehead atoms. The van der Waals surface area contributed by atoms with Crippen molar-refractivity contribution in [1.29, 1.82) is 0 Å². The molecule has 0 aliphatic carbocycles. The number of halogens is 1. The van der Waals surface area contributed by atoms with Crippen molar-refractivity contribution in [2.75, 3.05) is 30.8 Å². The predicted octanol–water partition coefficient (Wildman–Crippen LogP) is 1.43. The van der Waals surface area contributed by atoms with Crippen LogP contribution in [0.5, 0.6) is 0 Å². The Hall–Kier alpha value is -1.30. The highest BCUT2D eigenvalue weighted by molar-refractivity contribution is 9.10. The minimum Gasteiger partial charge on any atom is -0.468 e. The van der Waals surface area contributed by atoms with Crippen LogP contribution in [0.2, 0.25) is 0 Å². The van der Waals surface area contributed by atoms with Gasteiger partial charge >= 0.3 is 5.97 Å². The van der Waals surface area contributed by atoms with Crippen molar-refractivity contribution < 1.29 is 9.53 Å². The Morgan fingerprint density at radius 1 is 1.69 bits per heavy atom. The maximum absolute atomic E-state index is 11.2. The van der Waals surface area contributed by atoms with Crippen molar-refractivity contribution in [3.63, 3.8) is 0 Å². The number of hydrogen-bond acceptors (Lipinski definition) is 5. The molecular formula is C10H14BrN3O2. The number of rotatable bonds is 4. The average Bonchev–Trinajstić information content (AvgIpc) is 2.26. The second-order valence-corrected chi connectivity index (χ2v) is 4.07. The molecule has 2 N–H and O–H groups in total. The van der Waals surface area contributed by atoms with Crippen molar-refractivity contribution in [2.24, 2.45) is 0 Å². The zero-order chi connectivity index (χ0) is 12.1. The lowest BCUT2D eigenvalue weighted by Gasteiger charge is -2.21. The first-order chi connectivity index (χ1) is 7.58. The van der Waals surface area contributed by atoms with E-state index in [2.05, 4.69) is 25.7 Å². The number of ether oxygens (including phenoxy) is 1. The van der Waals surface area contributed by atoms with E-state index in [1.165, 1.54) is 7.11 Å². The zero-order valence-electron chi connectivity index (χ0n) is 9.24. The molecule has 1 aromatic rings. The third-order valence-corrected chi connectivity index (χ3v) is 2.52. The molecule has 0 radical (unpaired) electrons. The molecule has 0 aromatic carbocycles. The van der Waals surface area contributed by atoms with Crippen LogP contribution < -0.4 is 10.6 Å². The van der Waals surface area contributed by atoms with Crippen LogP contribution in [0.4, 0.5) is 11.5 Å². The van der Waals surface area contributed by atoms with Crippen LogP contribution in [0.25, 0.3) is 0 Å². The smallest absolute Gasteiger partial charge is 0.325 e. The number of esters is 1. The molecule has 88 valence electrons. The van der Waals surface area contributed by atoms with E-state index in [-0.39, 0.29) is 12.5 Å². The summed E-state index contributed by atoms with van der Waals surface area (Å²) in [5.74, 6) is 0.280. The highest BCUT2D eigenvalue weighted by Crippen LogP contribution is 2.23. The Labute approximate surface area is 103 Å². The van der Waals surface area contributed by atoms with Gasteiger partial charge in [0.05, 0.1) is 12.8 Å². The Balaban J connectivity index is 2.90. The van der Waals surface area contributed by atoms with Crippen molar-refractivity contribution in [2.45, 2.75) is 6.92 Å². The van der Waals surface area contributed by atoms with Crippen molar-refractivity contribution in [3.05, 3.63) is 16.7 Å². The summed E-state index contributed by atoms with van der Waals surface area (Å²) in [6, 6.07) is 1.75. The SMILES string of the molecule is CCN(CC(=O)OC)c1ncc(Br)cc1N. The summed E-state index contributed by atoms with van der Waals surface area (Å²) in [5, 5.41) is 0. The number of anilines is 2. The van der Waals surface area contributed by atoms with Gasteiger partial charge in [-0.1, -0.05) is 0 Å². The lowest BCUT2D eigenvalue weighted by Crippen LogP contribution is -2.31. The van der Waals surface area contributed by atoms with E-state index in [4.69, 9.17) is 5.73 Å². The molecule has 1 aromatic heterocycles. The standard InChI is InChI=1S/C10H14BrN3O2/c1-3-14(6-9(15)16-2)10-8(12)4-7(11)5-13-10/h4-5H,3,6,12H2,1-2H3. The number of nitrogens with zero attached hydrogens (tertiary/aromatic N) is 2. The first-order valence-electron chi connectivity index (χ1n) is 4.81. The molecule has 16 heavy (non-hydrogen) atoms. The summed E-state index contributed by atoms with van der Waals surface area (Å²) in [6.45, 7) is 2.70. The number of likely N-dealkylation sites (N-methyl/N-ethyl adjacent to an activating group) is 1. The summed E-state index contributed by atoms with van der Waals surface area (Å²) >= 11 is 3.28. The highest BCUT2D eigenvalue weighted by Gasteiger charge is 2.14. The summed E-state index contributed by atoms with van der Waals surface area (Å²) in [5.41, 5.74) is 6.36. The topological polar surface area (TPSA) is 68.5 Å². The Morgan fingerprint density at radius 3 is 2.88 bits per heavy atom. The van der Waals surface area contributed by atoms with Gasteiger partial charge < -0.3 is 15.4 Å². The van der Waals surface area contributed by atoms with Crippen LogP contribution in [0.15, 0.2) is 16.7 Å². The van der Waals surface area contributed by atoms with Crippen molar-refractivity contribution >= 4 is 33.4 Å². The zero-order valence-corrected chi connectivity index (χ0v) is 10.8. The van der Waals surface area contributed by atoms with Crippen molar-refractivity contribution in [3.8, 4) is 0 Å². The van der Waals surface area contributed by atoms with Gasteiger partial charge in [0.2, 0.25) is 0 Å². The number of methoxy groups -OCH3 is 1. The Morgan fingerprint density at radius 2 is 2.38 bits per heavy atom. The van der Waals surface area contributed by atoms with Crippen LogP contribution in [-0.2, 0) is 9.53 Å². The van der Waals surface area contributed by atoms with E-state index in [1.54, 1.807) is 17.2 Å². The molecule has 1 rings (SSSR count). The number of carbonyl (C=O) groups is 1. The van der Waals surface area contributed by atoms with Gasteiger partial charge in [0.25, 0.3) is 0 Å². The normalized spacial score (nSPS) is 9.94. The minimum atomic E-state index is -0.314. The van der Waals surface area contributed by atoms with Gasteiger partial charge in [-0.3, -0.25) is 4.79 Å². The molecular weight excluding hydrogens is 274 g/mol. The molecule has 0 saturated carbocycles. The fraction of sp³-hybridized carbons (Fsp3) is 0.400. The lowest BCUT2D eigenvalue weighted by atomic mass is 10.3. The van der Waals surface area contributed by atoms with E-state index in [0.29, 0.717) is 18.1 Å². The van der Waals surface area contributed by atoms with Gasteiger partial charge in [0.15, 0.2) is 5.82 Å². The molecule has 0 saturated heterocycles. The number of aromatic nitrogens is 1. The number of carbonyl (C=O) groups excluding carboxylic acids is 1. The third-order valence-electron chi connectivity index (χ3n) is 2.09. The van der Waals surface area contributed by atoms with E-state index in [1.807, 2.05) is 6.92 Å². The number of hydrogen-bond donors (Lipinski definition) is 1. The molecule has 0 amide bonds. The number of pyridine rings is 1. The lowest BCUT2D eigenvalue weighted by molar-refractivity contribution is -0.138. The van der Waals surface area contributed by atoms with Crippen LogP contribution in [0.1, 0.15) is 6.92 Å². The first kappa shape index (κ1) is 12.8. The van der Waals surface area contributed by atoms with E-state index in [9.17, 15) is 4.79 Å². The quantitative estimate of drug-likeness (QED) is 0.849. The molecule has 5 nitrogen and oxygen atoms in total. The van der Waals surface area contributed by atoms with Gasteiger partial charge in [0.1, 0.15) is 6.54 Å². The fourth-order valence-electron chi connectivity index (χ4n) is 1.27. The summed E-state index contributed by atoms with van der Waals surface area (Å²) in [4.78, 5) is 17.1. The van der Waals surface area contributed by atoms with Crippen LogP contribution in [0, 0.1) is 0 Å². The predicted molar refractivity (Wildman–Crippen MR) is 66.3 cm³/mol. The molecule has 0 fully saturated rings. The third kappa shape index (κ3) is 3.10. The molecule has 0 atom stereocenters. The number of nitrogen functional groups attached to an aromatic ring is 1. The van der Waals surface area contributed by atoms with Gasteiger partial charge in [-0.15, -0.1) is 0 Å². The Kier molecular flexibility index (Phi) is 4.54. The molecule has 6 heteroatoms. The molecule has 0 unspecified atom stereocenters. The van der Waals surface area contributed by atoms with E-state index >= 15 is 0 Å². The summed E-state index contributed by atoms with van der Waals surface area (Å²) in [6.07, 6.45) is 1.64.